The summed E-state index contributed by atoms with van der Waals surface area (Å²) in [5, 5.41) is 13.7. The van der Waals surface area contributed by atoms with Crippen LogP contribution in [0.15, 0.2) is 12.1 Å². The zero-order valence-corrected chi connectivity index (χ0v) is 12.7. The highest BCUT2D eigenvalue weighted by molar-refractivity contribution is 5.39. The minimum Gasteiger partial charge on any atom is -0.392 e. The van der Waals surface area contributed by atoms with E-state index in [2.05, 4.69) is 45.1 Å². The predicted octanol–water partition coefficient (Wildman–Crippen LogP) is 3.57. The molecule has 106 valence electrons. The van der Waals surface area contributed by atoms with Crippen molar-refractivity contribution in [1.82, 2.24) is 5.32 Å². The highest BCUT2D eigenvalue weighted by Gasteiger charge is 2.25. The lowest BCUT2D eigenvalue weighted by molar-refractivity contribution is 0.0859. The van der Waals surface area contributed by atoms with E-state index in [1.807, 2.05) is 0 Å². The van der Waals surface area contributed by atoms with E-state index in [-0.39, 0.29) is 12.1 Å². The topological polar surface area (TPSA) is 32.3 Å². The molecular formula is C17H27NO. The Morgan fingerprint density at radius 3 is 2.26 bits per heavy atom. The first-order valence-corrected chi connectivity index (χ1v) is 7.51. The molecule has 1 saturated carbocycles. The van der Waals surface area contributed by atoms with Crippen molar-refractivity contribution in [2.24, 2.45) is 0 Å². The average Bonchev–Trinajstić information content (AvgIpc) is 2.30. The van der Waals surface area contributed by atoms with E-state index in [0.29, 0.717) is 6.04 Å². The number of hydrogen-bond donors (Lipinski definition) is 2. The van der Waals surface area contributed by atoms with E-state index >= 15 is 0 Å². The lowest BCUT2D eigenvalue weighted by Crippen LogP contribution is -2.43. The highest BCUT2D eigenvalue weighted by atomic mass is 16.3. The maximum Gasteiger partial charge on any atom is 0.0693 e. The summed E-state index contributed by atoms with van der Waals surface area (Å²) in [6.45, 7) is 8.73. The molecular weight excluding hydrogens is 234 g/mol. The largest absolute Gasteiger partial charge is 0.392 e. The minimum atomic E-state index is -0.178. The summed E-state index contributed by atoms with van der Waals surface area (Å²) in [5.74, 6) is 0. The number of aliphatic hydroxyl groups is 1. The van der Waals surface area contributed by atoms with Crippen LogP contribution in [-0.2, 0) is 0 Å². The van der Waals surface area contributed by atoms with Gasteiger partial charge in [-0.15, -0.1) is 0 Å². The molecule has 1 aliphatic rings. The first-order valence-electron chi connectivity index (χ1n) is 7.51. The van der Waals surface area contributed by atoms with Gasteiger partial charge in [0.2, 0.25) is 0 Å². The highest BCUT2D eigenvalue weighted by Crippen LogP contribution is 2.26. The maximum atomic E-state index is 10.1. The van der Waals surface area contributed by atoms with Crippen molar-refractivity contribution in [3.63, 3.8) is 0 Å². The summed E-state index contributed by atoms with van der Waals surface area (Å²) in [6.07, 6.45) is 4.25. The molecule has 1 aromatic carbocycles. The Labute approximate surface area is 117 Å². The van der Waals surface area contributed by atoms with Crippen LogP contribution in [-0.4, -0.2) is 17.3 Å². The molecule has 0 radical (unpaired) electrons. The van der Waals surface area contributed by atoms with E-state index in [1.165, 1.54) is 28.7 Å². The third-order valence-electron chi connectivity index (χ3n) is 4.36. The third kappa shape index (κ3) is 3.37. The fraction of sp³-hybridized carbons (Fsp3) is 0.647. The van der Waals surface area contributed by atoms with Crippen molar-refractivity contribution in [2.75, 3.05) is 0 Å². The molecule has 0 aliphatic heterocycles. The van der Waals surface area contributed by atoms with Crippen molar-refractivity contribution in [2.45, 2.75) is 71.6 Å². The van der Waals surface area contributed by atoms with Crippen LogP contribution >= 0.6 is 0 Å². The molecule has 1 fully saturated rings. The lowest BCUT2D eigenvalue weighted by atomic mass is 9.90. The zero-order valence-electron chi connectivity index (χ0n) is 12.7. The van der Waals surface area contributed by atoms with Gasteiger partial charge in [-0.2, -0.15) is 0 Å². The predicted molar refractivity (Wildman–Crippen MR) is 80.5 cm³/mol. The van der Waals surface area contributed by atoms with Gasteiger partial charge in [0.15, 0.2) is 0 Å². The van der Waals surface area contributed by atoms with Gasteiger partial charge in [-0.1, -0.05) is 30.5 Å². The first kappa shape index (κ1) is 14.5. The Bertz CT molecular complexity index is 418. The molecule has 2 nitrogen and oxygen atoms in total. The lowest BCUT2D eigenvalue weighted by Gasteiger charge is -2.32. The van der Waals surface area contributed by atoms with Crippen LogP contribution in [0.3, 0.4) is 0 Å². The second-order valence-electron chi connectivity index (χ2n) is 6.16. The quantitative estimate of drug-likeness (QED) is 0.872. The number of hydrogen-bond acceptors (Lipinski definition) is 2. The average molecular weight is 261 g/mol. The molecule has 0 saturated heterocycles. The van der Waals surface area contributed by atoms with Crippen LogP contribution in [0.2, 0.25) is 0 Å². The molecule has 0 spiro atoms. The summed E-state index contributed by atoms with van der Waals surface area (Å²) >= 11 is 0. The summed E-state index contributed by atoms with van der Waals surface area (Å²) in [7, 11) is 0. The van der Waals surface area contributed by atoms with Crippen molar-refractivity contribution >= 4 is 0 Å². The summed E-state index contributed by atoms with van der Waals surface area (Å²) in [5.41, 5.74) is 5.41. The molecule has 0 bridgehead atoms. The van der Waals surface area contributed by atoms with Crippen LogP contribution < -0.4 is 5.32 Å². The van der Waals surface area contributed by atoms with Crippen molar-refractivity contribution in [3.8, 4) is 0 Å². The monoisotopic (exact) mass is 261 g/mol. The Morgan fingerprint density at radius 2 is 1.68 bits per heavy atom. The molecule has 1 aromatic rings. The van der Waals surface area contributed by atoms with Crippen molar-refractivity contribution in [1.29, 1.82) is 0 Å². The standard InChI is InChI=1S/C17H27NO/c1-11-9-12(2)17(13(3)10-11)14(4)18-15-7-5-6-8-16(15)19/h9-10,14-16,18-19H,5-8H2,1-4H3. The smallest absolute Gasteiger partial charge is 0.0693 e. The van der Waals surface area contributed by atoms with Crippen LogP contribution in [0.25, 0.3) is 0 Å². The second-order valence-corrected chi connectivity index (χ2v) is 6.16. The van der Waals surface area contributed by atoms with Crippen molar-refractivity contribution in [3.05, 3.63) is 34.4 Å². The molecule has 2 rings (SSSR count). The van der Waals surface area contributed by atoms with Gasteiger partial charge in [-0.05, 0) is 57.2 Å². The minimum absolute atomic E-state index is 0.178. The van der Waals surface area contributed by atoms with Gasteiger partial charge in [-0.3, -0.25) is 0 Å². The van der Waals surface area contributed by atoms with Gasteiger partial charge in [0.25, 0.3) is 0 Å². The normalized spacial score (nSPS) is 25.3. The van der Waals surface area contributed by atoms with E-state index in [0.717, 1.165) is 19.3 Å². The van der Waals surface area contributed by atoms with Gasteiger partial charge in [0, 0.05) is 12.1 Å². The Morgan fingerprint density at radius 1 is 1.11 bits per heavy atom. The van der Waals surface area contributed by atoms with Crippen LogP contribution in [0.4, 0.5) is 0 Å². The fourth-order valence-corrected chi connectivity index (χ4v) is 3.58. The Balaban J connectivity index is 2.13. The van der Waals surface area contributed by atoms with Gasteiger partial charge in [0.1, 0.15) is 0 Å². The van der Waals surface area contributed by atoms with Gasteiger partial charge < -0.3 is 10.4 Å². The van der Waals surface area contributed by atoms with Crippen LogP contribution in [0.1, 0.15) is 60.9 Å². The van der Waals surface area contributed by atoms with Crippen molar-refractivity contribution < 1.29 is 5.11 Å². The molecule has 3 unspecified atom stereocenters. The molecule has 0 aromatic heterocycles. The SMILES string of the molecule is Cc1cc(C)c(C(C)NC2CCCCC2O)c(C)c1. The Hall–Kier alpha value is -0.860. The fourth-order valence-electron chi connectivity index (χ4n) is 3.58. The number of nitrogens with one attached hydrogen (secondary N) is 1. The van der Waals surface area contributed by atoms with Crippen LogP contribution in [0.5, 0.6) is 0 Å². The van der Waals surface area contributed by atoms with Crippen LogP contribution in [0, 0.1) is 20.8 Å². The first-order chi connectivity index (χ1) is 8.99. The van der Waals surface area contributed by atoms with E-state index in [1.54, 1.807) is 0 Å². The molecule has 3 atom stereocenters. The van der Waals surface area contributed by atoms with E-state index < -0.39 is 0 Å². The number of benzene rings is 1. The number of rotatable bonds is 3. The number of aliphatic hydroxyl groups excluding tert-OH is 1. The molecule has 0 heterocycles. The summed E-state index contributed by atoms with van der Waals surface area (Å²) < 4.78 is 0. The van der Waals surface area contributed by atoms with E-state index in [4.69, 9.17) is 0 Å². The summed E-state index contributed by atoms with van der Waals surface area (Å²) in [4.78, 5) is 0. The van der Waals surface area contributed by atoms with Gasteiger partial charge >= 0.3 is 0 Å². The maximum absolute atomic E-state index is 10.1. The molecule has 19 heavy (non-hydrogen) atoms. The van der Waals surface area contributed by atoms with Gasteiger partial charge in [-0.25, -0.2) is 0 Å². The zero-order chi connectivity index (χ0) is 14.0. The second kappa shape index (κ2) is 6.06. The third-order valence-corrected chi connectivity index (χ3v) is 4.36. The molecule has 2 N–H and O–H groups in total. The molecule has 2 heteroatoms. The molecule has 1 aliphatic carbocycles. The van der Waals surface area contributed by atoms with E-state index in [9.17, 15) is 5.11 Å². The number of aryl methyl sites for hydroxylation is 3. The van der Waals surface area contributed by atoms with Gasteiger partial charge in [0.05, 0.1) is 6.10 Å². The summed E-state index contributed by atoms with van der Waals surface area (Å²) in [6, 6.07) is 5.05. The Kier molecular flexibility index (Phi) is 4.64. The molecule has 0 amide bonds.